The predicted molar refractivity (Wildman–Crippen MR) is 76.0 cm³/mol. The first kappa shape index (κ1) is 15.0. The molecule has 1 rings (SSSR count). The van der Waals surface area contributed by atoms with Crippen molar-refractivity contribution in [3.63, 3.8) is 0 Å². The summed E-state index contributed by atoms with van der Waals surface area (Å²) in [7, 11) is 1.53. The van der Waals surface area contributed by atoms with Crippen molar-refractivity contribution in [2.45, 2.75) is 25.8 Å². The lowest BCUT2D eigenvalue weighted by molar-refractivity contribution is -0.117. The molecule has 0 heterocycles. The van der Waals surface area contributed by atoms with Gasteiger partial charge in [-0.15, -0.1) is 0 Å². The van der Waals surface area contributed by atoms with E-state index >= 15 is 0 Å². The number of anilines is 2. The standard InChI is InChI=1S/C13H20N4O2/c1-3-5-11(14)12(18)16-9-6-4-7-10(8-9)17-13(19)15-2/h4,6-8,11H,3,5,14H2,1-2H3,(H,16,18)(H2,15,17,19). The maximum absolute atomic E-state index is 11.8. The van der Waals surface area contributed by atoms with Gasteiger partial charge in [-0.2, -0.15) is 0 Å². The molecule has 104 valence electrons. The van der Waals surface area contributed by atoms with Crippen LogP contribution < -0.4 is 21.7 Å². The van der Waals surface area contributed by atoms with Crippen LogP contribution in [0.4, 0.5) is 16.2 Å². The van der Waals surface area contributed by atoms with Crippen LogP contribution in [0.3, 0.4) is 0 Å². The van der Waals surface area contributed by atoms with Gasteiger partial charge in [-0.25, -0.2) is 4.79 Å². The van der Waals surface area contributed by atoms with Crippen LogP contribution >= 0.6 is 0 Å². The molecule has 0 saturated heterocycles. The first-order chi connectivity index (χ1) is 9.06. The van der Waals surface area contributed by atoms with Gasteiger partial charge in [0.05, 0.1) is 6.04 Å². The number of amides is 3. The first-order valence-electron chi connectivity index (χ1n) is 6.22. The minimum Gasteiger partial charge on any atom is -0.341 e. The minimum absolute atomic E-state index is 0.223. The molecule has 5 N–H and O–H groups in total. The molecule has 1 aromatic carbocycles. The Morgan fingerprint density at radius 3 is 2.47 bits per heavy atom. The molecule has 0 bridgehead atoms. The second kappa shape index (κ2) is 7.38. The van der Waals surface area contributed by atoms with Gasteiger partial charge in [-0.3, -0.25) is 4.79 Å². The van der Waals surface area contributed by atoms with Crippen LogP contribution in [-0.4, -0.2) is 25.0 Å². The van der Waals surface area contributed by atoms with Gasteiger partial charge in [0.25, 0.3) is 0 Å². The van der Waals surface area contributed by atoms with Crippen molar-refractivity contribution in [3.8, 4) is 0 Å². The monoisotopic (exact) mass is 264 g/mol. The number of urea groups is 1. The summed E-state index contributed by atoms with van der Waals surface area (Å²) in [4.78, 5) is 22.9. The highest BCUT2D eigenvalue weighted by Crippen LogP contribution is 2.15. The molecular weight excluding hydrogens is 244 g/mol. The largest absolute Gasteiger partial charge is 0.341 e. The van der Waals surface area contributed by atoms with Gasteiger partial charge >= 0.3 is 6.03 Å². The second-order valence-corrected chi connectivity index (χ2v) is 4.17. The van der Waals surface area contributed by atoms with Crippen molar-refractivity contribution in [3.05, 3.63) is 24.3 Å². The molecule has 0 saturated carbocycles. The van der Waals surface area contributed by atoms with Gasteiger partial charge in [0, 0.05) is 18.4 Å². The van der Waals surface area contributed by atoms with Crippen molar-refractivity contribution >= 4 is 23.3 Å². The predicted octanol–water partition coefficient (Wildman–Crippen LogP) is 1.50. The highest BCUT2D eigenvalue weighted by atomic mass is 16.2. The third kappa shape index (κ3) is 4.97. The summed E-state index contributed by atoms with van der Waals surface area (Å²) in [6.45, 7) is 1.97. The molecule has 1 unspecified atom stereocenters. The Labute approximate surface area is 112 Å². The van der Waals surface area contributed by atoms with Crippen LogP contribution in [0.15, 0.2) is 24.3 Å². The van der Waals surface area contributed by atoms with E-state index in [2.05, 4.69) is 16.0 Å². The van der Waals surface area contributed by atoms with Crippen LogP contribution in [0.5, 0.6) is 0 Å². The molecule has 0 radical (unpaired) electrons. The van der Waals surface area contributed by atoms with E-state index in [1.165, 1.54) is 7.05 Å². The van der Waals surface area contributed by atoms with Gasteiger partial charge in [0.1, 0.15) is 0 Å². The van der Waals surface area contributed by atoms with E-state index < -0.39 is 6.04 Å². The van der Waals surface area contributed by atoms with E-state index in [0.29, 0.717) is 17.8 Å². The van der Waals surface area contributed by atoms with Crippen molar-refractivity contribution < 1.29 is 9.59 Å². The molecule has 1 aromatic rings. The van der Waals surface area contributed by atoms with Crippen molar-refractivity contribution in [2.24, 2.45) is 5.73 Å². The number of carbonyl (C=O) groups is 2. The first-order valence-corrected chi connectivity index (χ1v) is 6.22. The Balaban J connectivity index is 2.66. The smallest absolute Gasteiger partial charge is 0.318 e. The van der Waals surface area contributed by atoms with Crippen molar-refractivity contribution in [1.29, 1.82) is 0 Å². The summed E-state index contributed by atoms with van der Waals surface area (Å²) in [6.07, 6.45) is 1.49. The quantitative estimate of drug-likeness (QED) is 0.649. The molecule has 0 aromatic heterocycles. The normalized spacial score (nSPS) is 11.5. The average Bonchev–Trinajstić information content (AvgIpc) is 2.39. The van der Waals surface area contributed by atoms with Crippen LogP contribution in [0, 0.1) is 0 Å². The molecule has 0 aliphatic carbocycles. The molecule has 0 aliphatic heterocycles. The van der Waals surface area contributed by atoms with E-state index in [9.17, 15) is 9.59 Å². The zero-order valence-corrected chi connectivity index (χ0v) is 11.2. The summed E-state index contributed by atoms with van der Waals surface area (Å²) in [5, 5.41) is 7.80. The zero-order valence-electron chi connectivity index (χ0n) is 11.2. The van der Waals surface area contributed by atoms with Gasteiger partial charge in [0.15, 0.2) is 0 Å². The number of nitrogens with one attached hydrogen (secondary N) is 3. The fourth-order valence-corrected chi connectivity index (χ4v) is 1.55. The van der Waals surface area contributed by atoms with E-state index in [0.717, 1.165) is 6.42 Å². The fraction of sp³-hybridized carbons (Fsp3) is 0.385. The van der Waals surface area contributed by atoms with E-state index in [1.54, 1.807) is 24.3 Å². The molecule has 0 spiro atoms. The SMILES string of the molecule is CCCC(N)C(=O)Nc1cccc(NC(=O)NC)c1. The summed E-state index contributed by atoms with van der Waals surface area (Å²) < 4.78 is 0. The fourth-order valence-electron chi connectivity index (χ4n) is 1.55. The number of rotatable bonds is 5. The average molecular weight is 264 g/mol. The zero-order chi connectivity index (χ0) is 14.3. The van der Waals surface area contributed by atoms with Crippen LogP contribution in [0.1, 0.15) is 19.8 Å². The molecule has 1 atom stereocenters. The highest BCUT2D eigenvalue weighted by molar-refractivity contribution is 5.96. The summed E-state index contributed by atoms with van der Waals surface area (Å²) in [6, 6.07) is 6.06. The summed E-state index contributed by atoms with van der Waals surface area (Å²) in [5.74, 6) is -0.223. The van der Waals surface area contributed by atoms with Crippen LogP contribution in [0.25, 0.3) is 0 Å². The van der Waals surface area contributed by atoms with Crippen molar-refractivity contribution in [1.82, 2.24) is 5.32 Å². The number of hydrogen-bond acceptors (Lipinski definition) is 3. The Kier molecular flexibility index (Phi) is 5.81. The van der Waals surface area contributed by atoms with Crippen molar-refractivity contribution in [2.75, 3.05) is 17.7 Å². The minimum atomic E-state index is -0.513. The number of nitrogens with two attached hydrogens (primary N) is 1. The van der Waals surface area contributed by atoms with Crippen LogP contribution in [-0.2, 0) is 4.79 Å². The van der Waals surface area contributed by atoms with E-state index in [1.807, 2.05) is 6.92 Å². The number of hydrogen-bond donors (Lipinski definition) is 4. The maximum Gasteiger partial charge on any atom is 0.318 e. The lowest BCUT2D eigenvalue weighted by atomic mass is 10.1. The highest BCUT2D eigenvalue weighted by Gasteiger charge is 2.12. The molecule has 3 amide bonds. The van der Waals surface area contributed by atoms with Gasteiger partial charge in [-0.1, -0.05) is 19.4 Å². The summed E-state index contributed by atoms with van der Waals surface area (Å²) in [5.41, 5.74) is 6.92. The Hall–Kier alpha value is -2.08. The topological polar surface area (TPSA) is 96.2 Å². The Morgan fingerprint density at radius 2 is 1.89 bits per heavy atom. The van der Waals surface area contributed by atoms with Gasteiger partial charge in [0.2, 0.25) is 5.91 Å². The van der Waals surface area contributed by atoms with Crippen LogP contribution in [0.2, 0.25) is 0 Å². The number of carbonyl (C=O) groups excluding carboxylic acids is 2. The molecule has 19 heavy (non-hydrogen) atoms. The lowest BCUT2D eigenvalue weighted by Gasteiger charge is -2.12. The van der Waals surface area contributed by atoms with Gasteiger partial charge in [-0.05, 0) is 24.6 Å². The molecule has 0 fully saturated rings. The second-order valence-electron chi connectivity index (χ2n) is 4.17. The third-order valence-electron chi connectivity index (χ3n) is 2.55. The Bertz CT molecular complexity index is 448. The molecule has 6 nitrogen and oxygen atoms in total. The number of benzene rings is 1. The summed E-state index contributed by atoms with van der Waals surface area (Å²) >= 11 is 0. The van der Waals surface area contributed by atoms with Gasteiger partial charge < -0.3 is 21.7 Å². The maximum atomic E-state index is 11.8. The molecule has 6 heteroatoms. The van der Waals surface area contributed by atoms with E-state index in [-0.39, 0.29) is 11.9 Å². The third-order valence-corrected chi connectivity index (χ3v) is 2.55. The molecule has 0 aliphatic rings. The Morgan fingerprint density at radius 1 is 1.26 bits per heavy atom. The molecular formula is C13H20N4O2. The van der Waals surface area contributed by atoms with E-state index in [4.69, 9.17) is 5.73 Å². The lowest BCUT2D eigenvalue weighted by Crippen LogP contribution is -2.35.